The molecule has 0 fully saturated rings. The highest BCUT2D eigenvalue weighted by molar-refractivity contribution is 5.19. The maximum Gasteiger partial charge on any atom is 0.115 e. The Bertz CT molecular complexity index is 574. The van der Waals surface area contributed by atoms with Gasteiger partial charge in [0.1, 0.15) is 6.33 Å². The Morgan fingerprint density at radius 1 is 0.955 bits per heavy atom. The molecule has 0 bridgehead atoms. The summed E-state index contributed by atoms with van der Waals surface area (Å²) in [6.07, 6.45) is 7.41. The first kappa shape index (κ1) is 15.0. The largest absolute Gasteiger partial charge is 0.302 e. The molecule has 116 valence electrons. The van der Waals surface area contributed by atoms with Gasteiger partial charge in [-0.15, -0.1) is 0 Å². The molecule has 2 aliphatic heterocycles. The van der Waals surface area contributed by atoms with Gasteiger partial charge in [0.05, 0.1) is 5.69 Å². The van der Waals surface area contributed by atoms with E-state index in [-0.39, 0.29) is 0 Å². The van der Waals surface area contributed by atoms with Gasteiger partial charge < -0.3 is 9.80 Å². The molecule has 6 nitrogen and oxygen atoms in total. The van der Waals surface area contributed by atoms with Crippen LogP contribution in [0.5, 0.6) is 0 Å². The van der Waals surface area contributed by atoms with Crippen molar-refractivity contribution in [1.82, 2.24) is 30.0 Å². The third kappa shape index (κ3) is 3.64. The van der Waals surface area contributed by atoms with Crippen molar-refractivity contribution in [3.63, 3.8) is 0 Å². The van der Waals surface area contributed by atoms with Gasteiger partial charge >= 0.3 is 0 Å². The second kappa shape index (κ2) is 6.89. The Kier molecular flexibility index (Phi) is 4.70. The zero-order chi connectivity index (χ0) is 15.4. The lowest BCUT2D eigenvalue weighted by Gasteiger charge is -2.22. The number of likely N-dealkylation sites (N-methyl/N-ethyl adjacent to an activating group) is 2. The molecule has 0 unspecified atom stereocenters. The SMILES string of the molecule is CN1CCc2ncncc2C1.CN1CCc2nnccc2C1. The molecule has 2 aromatic heterocycles. The number of hydrogen-bond acceptors (Lipinski definition) is 6. The molecule has 0 aromatic carbocycles. The normalized spacial score (nSPS) is 17.9. The van der Waals surface area contributed by atoms with Crippen molar-refractivity contribution in [2.75, 3.05) is 27.2 Å². The number of rotatable bonds is 0. The van der Waals surface area contributed by atoms with E-state index in [1.807, 2.05) is 6.20 Å². The van der Waals surface area contributed by atoms with Crippen LogP contribution >= 0.6 is 0 Å². The molecule has 0 radical (unpaired) electrons. The van der Waals surface area contributed by atoms with Crippen LogP contribution in [-0.4, -0.2) is 57.1 Å². The molecule has 4 heterocycles. The van der Waals surface area contributed by atoms with Crippen LogP contribution < -0.4 is 0 Å². The van der Waals surface area contributed by atoms with E-state index < -0.39 is 0 Å². The molecule has 4 rings (SSSR count). The van der Waals surface area contributed by atoms with Crippen LogP contribution in [0, 0.1) is 0 Å². The summed E-state index contributed by atoms with van der Waals surface area (Å²) in [5.41, 5.74) is 5.00. The van der Waals surface area contributed by atoms with Crippen molar-refractivity contribution in [3.05, 3.63) is 47.3 Å². The number of hydrogen-bond donors (Lipinski definition) is 0. The number of nitrogens with zero attached hydrogens (tertiary/aromatic N) is 6. The lowest BCUT2D eigenvalue weighted by atomic mass is 10.1. The minimum absolute atomic E-state index is 0.996. The van der Waals surface area contributed by atoms with E-state index in [9.17, 15) is 0 Å². The third-order valence-electron chi connectivity index (χ3n) is 4.11. The molecular formula is C16H22N6. The summed E-state index contributed by atoms with van der Waals surface area (Å²) in [6, 6.07) is 2.05. The van der Waals surface area contributed by atoms with E-state index in [0.29, 0.717) is 0 Å². The zero-order valence-electron chi connectivity index (χ0n) is 13.2. The lowest BCUT2D eigenvalue weighted by Crippen LogP contribution is -2.27. The van der Waals surface area contributed by atoms with E-state index in [0.717, 1.165) is 39.0 Å². The summed E-state index contributed by atoms with van der Waals surface area (Å²) in [5.74, 6) is 0. The summed E-state index contributed by atoms with van der Waals surface area (Å²) >= 11 is 0. The van der Waals surface area contributed by atoms with Crippen LogP contribution in [0.2, 0.25) is 0 Å². The average Bonchev–Trinajstić information content (AvgIpc) is 2.55. The Morgan fingerprint density at radius 3 is 2.50 bits per heavy atom. The minimum atomic E-state index is 0.996. The second-order valence-electron chi connectivity index (χ2n) is 5.97. The van der Waals surface area contributed by atoms with Gasteiger partial charge in [-0.2, -0.15) is 10.2 Å². The summed E-state index contributed by atoms with van der Waals surface area (Å²) < 4.78 is 0. The predicted molar refractivity (Wildman–Crippen MR) is 84.1 cm³/mol. The van der Waals surface area contributed by atoms with Crippen LogP contribution in [0.15, 0.2) is 24.8 Å². The molecule has 6 heteroatoms. The molecule has 0 saturated heterocycles. The van der Waals surface area contributed by atoms with E-state index >= 15 is 0 Å². The third-order valence-corrected chi connectivity index (χ3v) is 4.11. The van der Waals surface area contributed by atoms with E-state index in [1.165, 1.54) is 22.5 Å². The fraction of sp³-hybridized carbons (Fsp3) is 0.500. The molecule has 0 atom stereocenters. The molecular weight excluding hydrogens is 276 g/mol. The number of fused-ring (bicyclic) bond motifs is 2. The molecule has 22 heavy (non-hydrogen) atoms. The highest BCUT2D eigenvalue weighted by Gasteiger charge is 2.13. The zero-order valence-corrected chi connectivity index (χ0v) is 13.2. The van der Waals surface area contributed by atoms with Gasteiger partial charge in [0, 0.05) is 62.7 Å². The van der Waals surface area contributed by atoms with Crippen LogP contribution in [-0.2, 0) is 25.9 Å². The molecule has 2 aliphatic rings. The van der Waals surface area contributed by atoms with E-state index in [4.69, 9.17) is 0 Å². The Labute approximate surface area is 131 Å². The van der Waals surface area contributed by atoms with Crippen molar-refractivity contribution < 1.29 is 0 Å². The van der Waals surface area contributed by atoms with Gasteiger partial charge in [-0.1, -0.05) is 0 Å². The number of aromatic nitrogens is 4. The van der Waals surface area contributed by atoms with Crippen molar-refractivity contribution in [2.24, 2.45) is 0 Å². The summed E-state index contributed by atoms with van der Waals surface area (Å²) in [5, 5.41) is 7.93. The van der Waals surface area contributed by atoms with Gasteiger partial charge in [-0.25, -0.2) is 9.97 Å². The fourth-order valence-corrected chi connectivity index (χ4v) is 2.82. The van der Waals surface area contributed by atoms with Gasteiger partial charge in [0.25, 0.3) is 0 Å². The highest BCUT2D eigenvalue weighted by atomic mass is 15.1. The predicted octanol–water partition coefficient (Wildman–Crippen LogP) is 0.929. The molecule has 0 aliphatic carbocycles. The Balaban J connectivity index is 0.000000131. The molecule has 0 N–H and O–H groups in total. The summed E-state index contributed by atoms with van der Waals surface area (Å²) in [4.78, 5) is 12.8. The summed E-state index contributed by atoms with van der Waals surface area (Å²) in [7, 11) is 4.25. The smallest absolute Gasteiger partial charge is 0.115 e. The second-order valence-corrected chi connectivity index (χ2v) is 5.97. The standard InChI is InChI=1S/2C8H11N3/c1-11-5-3-8-7(6-11)2-4-9-10-8;1-11-3-2-8-7(5-11)4-9-6-10-8/h2,4H,3,5-6H2,1H3;4,6H,2-3,5H2,1H3. The molecule has 0 amide bonds. The average molecular weight is 298 g/mol. The van der Waals surface area contributed by atoms with Crippen LogP contribution in [0.25, 0.3) is 0 Å². The maximum absolute atomic E-state index is 4.22. The van der Waals surface area contributed by atoms with E-state index in [1.54, 1.807) is 12.5 Å². The molecule has 0 spiro atoms. The first-order valence-electron chi connectivity index (χ1n) is 7.66. The fourth-order valence-electron chi connectivity index (χ4n) is 2.82. The maximum atomic E-state index is 4.22. The quantitative estimate of drug-likeness (QED) is 0.721. The van der Waals surface area contributed by atoms with Crippen molar-refractivity contribution in [3.8, 4) is 0 Å². The summed E-state index contributed by atoms with van der Waals surface area (Å²) in [6.45, 7) is 4.23. The van der Waals surface area contributed by atoms with Crippen LogP contribution in [0.4, 0.5) is 0 Å². The van der Waals surface area contributed by atoms with E-state index in [2.05, 4.69) is 50.1 Å². The van der Waals surface area contributed by atoms with Crippen LogP contribution in [0.1, 0.15) is 22.5 Å². The van der Waals surface area contributed by atoms with Gasteiger partial charge in [0.2, 0.25) is 0 Å². The first-order chi connectivity index (χ1) is 10.7. The Hall–Kier alpha value is -1.92. The van der Waals surface area contributed by atoms with Gasteiger partial charge in [-0.3, -0.25) is 0 Å². The Morgan fingerprint density at radius 2 is 1.68 bits per heavy atom. The minimum Gasteiger partial charge on any atom is -0.302 e. The molecule has 2 aromatic rings. The highest BCUT2D eigenvalue weighted by Crippen LogP contribution is 2.13. The molecule has 0 saturated carbocycles. The lowest BCUT2D eigenvalue weighted by molar-refractivity contribution is 0.308. The van der Waals surface area contributed by atoms with Crippen LogP contribution in [0.3, 0.4) is 0 Å². The first-order valence-corrected chi connectivity index (χ1v) is 7.66. The van der Waals surface area contributed by atoms with Crippen molar-refractivity contribution in [1.29, 1.82) is 0 Å². The monoisotopic (exact) mass is 298 g/mol. The topological polar surface area (TPSA) is 58.0 Å². The van der Waals surface area contributed by atoms with Gasteiger partial charge in [-0.05, 0) is 25.7 Å². The van der Waals surface area contributed by atoms with Crippen molar-refractivity contribution in [2.45, 2.75) is 25.9 Å². The van der Waals surface area contributed by atoms with Crippen molar-refractivity contribution >= 4 is 0 Å². The van der Waals surface area contributed by atoms with Gasteiger partial charge in [0.15, 0.2) is 0 Å².